The maximum atomic E-state index is 11.4. The topological polar surface area (TPSA) is 54.4 Å². The lowest BCUT2D eigenvalue weighted by atomic mass is 10.4. The maximum absolute atomic E-state index is 11.4. The second-order valence-electron chi connectivity index (χ2n) is 2.60. The molecule has 1 aromatic rings. The molecule has 0 saturated heterocycles. The molecule has 0 radical (unpaired) electrons. The van der Waals surface area contributed by atoms with Crippen LogP contribution in [0.3, 0.4) is 0 Å². The van der Waals surface area contributed by atoms with E-state index in [0.717, 1.165) is 0 Å². The minimum Gasteiger partial charge on any atom is -0.377 e. The van der Waals surface area contributed by atoms with E-state index in [1.165, 1.54) is 25.1 Å². The van der Waals surface area contributed by atoms with E-state index < -0.39 is 15.3 Å². The smallest absolute Gasteiger partial charge is 0.204 e. The summed E-state index contributed by atoms with van der Waals surface area (Å²) in [7, 11) is -3.63. The van der Waals surface area contributed by atoms with Crippen LogP contribution in [0.15, 0.2) is 29.2 Å². The van der Waals surface area contributed by atoms with Gasteiger partial charge in [0.2, 0.25) is 9.84 Å². The van der Waals surface area contributed by atoms with Crippen LogP contribution in [-0.4, -0.2) is 19.0 Å². The van der Waals surface area contributed by atoms with Crippen molar-refractivity contribution in [3.8, 4) is 0 Å². The molecule has 5 heteroatoms. The average Bonchev–Trinajstić information content (AvgIpc) is 2.04. The molecule has 0 saturated carbocycles. The SMILES string of the molecule is C[C@@H](O)S(=O)(=O)c1cccc(Cl)c1. The number of rotatable bonds is 2. The summed E-state index contributed by atoms with van der Waals surface area (Å²) in [6, 6.07) is 5.80. The molecule has 0 amide bonds. The number of benzene rings is 1. The van der Waals surface area contributed by atoms with Gasteiger partial charge in [-0.05, 0) is 25.1 Å². The van der Waals surface area contributed by atoms with Gasteiger partial charge in [0.05, 0.1) is 4.90 Å². The van der Waals surface area contributed by atoms with Gasteiger partial charge in [0.15, 0.2) is 5.44 Å². The molecule has 0 aliphatic heterocycles. The second-order valence-corrected chi connectivity index (χ2v) is 5.28. The van der Waals surface area contributed by atoms with Crippen LogP contribution in [0, 0.1) is 0 Å². The van der Waals surface area contributed by atoms with Crippen molar-refractivity contribution in [3.63, 3.8) is 0 Å². The van der Waals surface area contributed by atoms with Crippen molar-refractivity contribution in [2.45, 2.75) is 17.3 Å². The van der Waals surface area contributed by atoms with Crippen LogP contribution in [0.25, 0.3) is 0 Å². The van der Waals surface area contributed by atoms with Crippen LogP contribution in [0.4, 0.5) is 0 Å². The summed E-state index contributed by atoms with van der Waals surface area (Å²) >= 11 is 5.61. The first-order valence-corrected chi connectivity index (χ1v) is 5.54. The molecule has 0 aliphatic rings. The molecule has 3 nitrogen and oxygen atoms in total. The monoisotopic (exact) mass is 220 g/mol. The molecule has 0 aromatic heterocycles. The van der Waals surface area contributed by atoms with Crippen molar-refractivity contribution in [1.82, 2.24) is 0 Å². The number of hydrogen-bond donors (Lipinski definition) is 1. The Bertz CT molecular complexity index is 398. The fourth-order valence-corrected chi connectivity index (χ4v) is 2.05. The number of sulfone groups is 1. The molecule has 13 heavy (non-hydrogen) atoms. The molecule has 0 bridgehead atoms. The molecule has 0 heterocycles. The first-order valence-electron chi connectivity index (χ1n) is 3.62. The van der Waals surface area contributed by atoms with Crippen molar-refractivity contribution >= 4 is 21.4 Å². The van der Waals surface area contributed by atoms with Crippen molar-refractivity contribution in [3.05, 3.63) is 29.3 Å². The van der Waals surface area contributed by atoms with E-state index in [1.54, 1.807) is 6.07 Å². The summed E-state index contributed by atoms with van der Waals surface area (Å²) in [6.07, 6.45) is 0. The van der Waals surface area contributed by atoms with Gasteiger partial charge >= 0.3 is 0 Å². The lowest BCUT2D eigenvalue weighted by Crippen LogP contribution is -2.16. The predicted molar refractivity (Wildman–Crippen MR) is 50.3 cm³/mol. The number of hydrogen-bond acceptors (Lipinski definition) is 3. The van der Waals surface area contributed by atoms with E-state index in [4.69, 9.17) is 16.7 Å². The Morgan fingerprint density at radius 1 is 1.46 bits per heavy atom. The average molecular weight is 221 g/mol. The highest BCUT2D eigenvalue weighted by Gasteiger charge is 2.20. The zero-order valence-corrected chi connectivity index (χ0v) is 8.51. The third-order valence-corrected chi connectivity index (χ3v) is 3.62. The highest BCUT2D eigenvalue weighted by molar-refractivity contribution is 7.91. The van der Waals surface area contributed by atoms with E-state index in [0.29, 0.717) is 5.02 Å². The van der Waals surface area contributed by atoms with E-state index in [9.17, 15) is 8.42 Å². The molecule has 1 N–H and O–H groups in total. The number of aliphatic hydroxyl groups is 1. The lowest BCUT2D eigenvalue weighted by molar-refractivity contribution is 0.268. The molecule has 1 atom stereocenters. The minimum absolute atomic E-state index is 0.0370. The van der Waals surface area contributed by atoms with Crippen LogP contribution in [0.5, 0.6) is 0 Å². The van der Waals surface area contributed by atoms with Crippen molar-refractivity contribution < 1.29 is 13.5 Å². The Kier molecular flexibility index (Phi) is 2.95. The van der Waals surface area contributed by atoms with E-state index in [-0.39, 0.29) is 4.90 Å². The zero-order chi connectivity index (χ0) is 10.1. The molecule has 0 fully saturated rings. The van der Waals surface area contributed by atoms with Gasteiger partial charge in [-0.15, -0.1) is 0 Å². The van der Waals surface area contributed by atoms with Crippen LogP contribution in [-0.2, 0) is 9.84 Å². The maximum Gasteiger partial charge on any atom is 0.204 e. The van der Waals surface area contributed by atoms with Gasteiger partial charge in [-0.2, -0.15) is 0 Å². The van der Waals surface area contributed by atoms with E-state index >= 15 is 0 Å². The second kappa shape index (κ2) is 3.65. The molecule has 0 unspecified atom stereocenters. The molecular formula is C8H9ClO3S. The Balaban J connectivity index is 3.24. The summed E-state index contributed by atoms with van der Waals surface area (Å²) in [4.78, 5) is 0.0370. The highest BCUT2D eigenvalue weighted by atomic mass is 35.5. The fraction of sp³-hybridized carbons (Fsp3) is 0.250. The van der Waals surface area contributed by atoms with Gasteiger partial charge < -0.3 is 5.11 Å². The summed E-state index contributed by atoms with van der Waals surface area (Å²) < 4.78 is 22.8. The Morgan fingerprint density at radius 2 is 2.08 bits per heavy atom. The quantitative estimate of drug-likeness (QED) is 0.821. The van der Waals surface area contributed by atoms with Gasteiger partial charge in [0.1, 0.15) is 0 Å². The minimum atomic E-state index is -3.63. The van der Waals surface area contributed by atoms with E-state index in [2.05, 4.69) is 0 Å². The Hall–Kier alpha value is -0.580. The van der Waals surface area contributed by atoms with E-state index in [1.807, 2.05) is 0 Å². The zero-order valence-electron chi connectivity index (χ0n) is 6.94. The fourth-order valence-electron chi connectivity index (χ4n) is 0.841. The normalized spacial score (nSPS) is 14.1. The molecular weight excluding hydrogens is 212 g/mol. The van der Waals surface area contributed by atoms with Crippen LogP contribution >= 0.6 is 11.6 Å². The third-order valence-electron chi connectivity index (χ3n) is 1.57. The van der Waals surface area contributed by atoms with Crippen LogP contribution in [0.2, 0.25) is 5.02 Å². The summed E-state index contributed by atoms with van der Waals surface area (Å²) in [6.45, 7) is 1.20. The number of aliphatic hydroxyl groups excluding tert-OH is 1. The molecule has 72 valence electrons. The molecule has 0 spiro atoms. The lowest BCUT2D eigenvalue weighted by Gasteiger charge is -2.06. The Morgan fingerprint density at radius 3 is 2.54 bits per heavy atom. The van der Waals surface area contributed by atoms with Crippen molar-refractivity contribution in [2.75, 3.05) is 0 Å². The molecule has 1 aromatic carbocycles. The summed E-state index contributed by atoms with van der Waals surface area (Å²) in [5, 5.41) is 9.33. The largest absolute Gasteiger partial charge is 0.377 e. The van der Waals surface area contributed by atoms with Gasteiger partial charge in [-0.25, -0.2) is 8.42 Å². The van der Waals surface area contributed by atoms with Gasteiger partial charge in [-0.1, -0.05) is 17.7 Å². The Labute approximate surface area is 81.9 Å². The van der Waals surface area contributed by atoms with Crippen LogP contribution in [0.1, 0.15) is 6.92 Å². The number of halogens is 1. The van der Waals surface area contributed by atoms with Gasteiger partial charge in [-0.3, -0.25) is 0 Å². The third kappa shape index (κ3) is 2.21. The van der Waals surface area contributed by atoms with Crippen molar-refractivity contribution in [1.29, 1.82) is 0 Å². The van der Waals surface area contributed by atoms with Gasteiger partial charge in [0, 0.05) is 5.02 Å². The molecule has 0 aliphatic carbocycles. The standard InChI is InChI=1S/C8H9ClO3S/c1-6(10)13(11,12)8-4-2-3-7(9)5-8/h2-6,10H,1H3/t6-/m0/s1. The first-order chi connectivity index (χ1) is 5.94. The predicted octanol–water partition coefficient (Wildman–Crippen LogP) is 1.45. The first kappa shape index (κ1) is 10.5. The molecule has 1 rings (SSSR count). The highest BCUT2D eigenvalue weighted by Crippen LogP contribution is 2.18. The van der Waals surface area contributed by atoms with Gasteiger partial charge in [0.25, 0.3) is 0 Å². The summed E-state index contributed by atoms with van der Waals surface area (Å²) in [5.41, 5.74) is -1.41. The summed E-state index contributed by atoms with van der Waals surface area (Å²) in [5.74, 6) is 0. The van der Waals surface area contributed by atoms with Crippen LogP contribution < -0.4 is 0 Å². The van der Waals surface area contributed by atoms with Crippen molar-refractivity contribution in [2.24, 2.45) is 0 Å².